The van der Waals surface area contributed by atoms with Crippen LogP contribution in [0.5, 0.6) is 0 Å². The number of allylic oxidation sites excluding steroid dienone is 2. The Morgan fingerprint density at radius 1 is 0.818 bits per heavy atom. The van der Waals surface area contributed by atoms with Gasteiger partial charge in [-0.05, 0) is 93.3 Å². The Hall–Kier alpha value is -0.960. The van der Waals surface area contributed by atoms with E-state index in [9.17, 15) is 14.7 Å². The molecule has 0 heterocycles. The summed E-state index contributed by atoms with van der Waals surface area (Å²) in [5.74, 6) is 2.22. The zero-order valence-electron chi connectivity index (χ0n) is 22.5. The number of hydrogen-bond donors (Lipinski definition) is 1. The van der Waals surface area contributed by atoms with E-state index in [1.165, 1.54) is 5.57 Å². The highest BCUT2D eigenvalue weighted by atomic mass is 16.3. The summed E-state index contributed by atoms with van der Waals surface area (Å²) in [6.45, 7) is 17.8. The standard InChI is InChI=1S/C30H48O3/c1-19-9-11-21-26(2,3)24(31)14-16-28(21,6)20(19)10-12-23-29(7)17-15-25(32)27(4,5)22(29)13-18-30(23,8)33/h9,20-23,33H,10-18H2,1-8H3/t20-,21-,22-,23+,28+,29-,30?/m0/s1. The Labute approximate surface area is 202 Å². The van der Waals surface area contributed by atoms with Gasteiger partial charge in [0.2, 0.25) is 0 Å². The van der Waals surface area contributed by atoms with Gasteiger partial charge in [-0.3, -0.25) is 9.59 Å². The number of rotatable bonds is 3. The van der Waals surface area contributed by atoms with Crippen molar-refractivity contribution in [3.8, 4) is 0 Å². The third kappa shape index (κ3) is 3.62. The second kappa shape index (κ2) is 7.77. The van der Waals surface area contributed by atoms with E-state index in [0.29, 0.717) is 42.2 Å². The van der Waals surface area contributed by atoms with E-state index < -0.39 is 5.60 Å². The first-order chi connectivity index (χ1) is 15.1. The first-order valence-electron chi connectivity index (χ1n) is 13.5. The normalized spacial score (nSPS) is 46.9. The quantitative estimate of drug-likeness (QED) is 0.469. The molecule has 0 saturated heterocycles. The maximum Gasteiger partial charge on any atom is 0.138 e. The molecule has 0 aromatic carbocycles. The van der Waals surface area contributed by atoms with Crippen molar-refractivity contribution in [3.63, 3.8) is 0 Å². The van der Waals surface area contributed by atoms with Crippen LogP contribution in [0.15, 0.2) is 11.6 Å². The summed E-state index contributed by atoms with van der Waals surface area (Å²) < 4.78 is 0. The molecule has 7 atom stereocenters. The fourth-order valence-electron chi connectivity index (χ4n) is 9.70. The Bertz CT molecular complexity index is 862. The molecule has 4 aliphatic rings. The summed E-state index contributed by atoms with van der Waals surface area (Å²) in [5.41, 5.74) is 0.370. The van der Waals surface area contributed by atoms with Crippen molar-refractivity contribution in [1.82, 2.24) is 0 Å². The molecule has 3 heteroatoms. The number of fused-ring (bicyclic) bond motifs is 2. The molecule has 4 rings (SSSR count). The van der Waals surface area contributed by atoms with Gasteiger partial charge in [0, 0.05) is 23.7 Å². The van der Waals surface area contributed by atoms with Gasteiger partial charge in [-0.15, -0.1) is 0 Å². The van der Waals surface area contributed by atoms with Crippen molar-refractivity contribution in [2.24, 2.45) is 45.3 Å². The Kier molecular flexibility index (Phi) is 5.92. The van der Waals surface area contributed by atoms with Gasteiger partial charge in [0.25, 0.3) is 0 Å². The van der Waals surface area contributed by atoms with Gasteiger partial charge < -0.3 is 5.11 Å². The second-order valence-electron chi connectivity index (χ2n) is 14.2. The summed E-state index contributed by atoms with van der Waals surface area (Å²) in [6, 6.07) is 0. The minimum atomic E-state index is -0.684. The first-order valence-corrected chi connectivity index (χ1v) is 13.5. The monoisotopic (exact) mass is 456 g/mol. The largest absolute Gasteiger partial charge is 0.390 e. The van der Waals surface area contributed by atoms with Gasteiger partial charge in [-0.1, -0.05) is 53.2 Å². The highest BCUT2D eigenvalue weighted by Gasteiger charge is 2.61. The molecule has 0 spiro atoms. The van der Waals surface area contributed by atoms with Crippen LogP contribution in [0.3, 0.4) is 0 Å². The van der Waals surface area contributed by atoms with Gasteiger partial charge in [0.1, 0.15) is 11.6 Å². The number of Topliss-reactive ketones (excluding diaryl/α,β-unsaturated/α-hetero) is 2. The van der Waals surface area contributed by atoms with E-state index in [-0.39, 0.29) is 27.6 Å². The van der Waals surface area contributed by atoms with Gasteiger partial charge in [-0.2, -0.15) is 0 Å². The lowest BCUT2D eigenvalue weighted by molar-refractivity contribution is -0.179. The molecule has 33 heavy (non-hydrogen) atoms. The SMILES string of the molecule is CC1=CC[C@H]2C(C)(C)C(=O)CC[C@]2(C)[C@H]1CC[C@H]1C(C)(O)CC[C@H]2C(C)(C)C(=O)CC[C@]12C. The van der Waals surface area contributed by atoms with Crippen LogP contribution in [0.25, 0.3) is 0 Å². The number of ketones is 2. The molecule has 1 N–H and O–H groups in total. The maximum atomic E-state index is 12.8. The lowest BCUT2D eigenvalue weighted by Gasteiger charge is -2.61. The van der Waals surface area contributed by atoms with Crippen LogP contribution in [-0.2, 0) is 9.59 Å². The van der Waals surface area contributed by atoms with Crippen LogP contribution >= 0.6 is 0 Å². The van der Waals surface area contributed by atoms with Gasteiger partial charge in [-0.25, -0.2) is 0 Å². The zero-order chi connectivity index (χ0) is 24.6. The van der Waals surface area contributed by atoms with Crippen molar-refractivity contribution in [2.45, 2.75) is 119 Å². The molecule has 3 fully saturated rings. The fraction of sp³-hybridized carbons (Fsp3) is 0.867. The zero-order valence-corrected chi connectivity index (χ0v) is 22.5. The molecule has 1 unspecified atom stereocenters. The first kappa shape index (κ1) is 25.1. The highest BCUT2D eigenvalue weighted by molar-refractivity contribution is 5.86. The Balaban J connectivity index is 1.63. The van der Waals surface area contributed by atoms with Crippen molar-refractivity contribution in [3.05, 3.63) is 11.6 Å². The van der Waals surface area contributed by atoms with Crippen molar-refractivity contribution in [1.29, 1.82) is 0 Å². The second-order valence-corrected chi connectivity index (χ2v) is 14.2. The molecule has 4 aliphatic carbocycles. The highest BCUT2D eigenvalue weighted by Crippen LogP contribution is 2.64. The van der Waals surface area contributed by atoms with Crippen LogP contribution in [-0.4, -0.2) is 22.3 Å². The minimum Gasteiger partial charge on any atom is -0.390 e. The van der Waals surface area contributed by atoms with Gasteiger partial charge >= 0.3 is 0 Å². The van der Waals surface area contributed by atoms with Crippen LogP contribution in [0.2, 0.25) is 0 Å². The summed E-state index contributed by atoms with van der Waals surface area (Å²) in [7, 11) is 0. The molecule has 3 nitrogen and oxygen atoms in total. The molecule has 0 aliphatic heterocycles. The molecule has 186 valence electrons. The van der Waals surface area contributed by atoms with Crippen molar-refractivity contribution < 1.29 is 14.7 Å². The molecule has 0 bridgehead atoms. The number of carbonyl (C=O) groups excluding carboxylic acids is 2. The lowest BCUT2D eigenvalue weighted by Crippen LogP contribution is -2.60. The van der Waals surface area contributed by atoms with E-state index >= 15 is 0 Å². The summed E-state index contributed by atoms with van der Waals surface area (Å²) in [6.07, 6.45) is 10.4. The summed E-state index contributed by atoms with van der Waals surface area (Å²) in [4.78, 5) is 25.6. The van der Waals surface area contributed by atoms with E-state index in [2.05, 4.69) is 61.5 Å². The Morgan fingerprint density at radius 3 is 1.97 bits per heavy atom. The van der Waals surface area contributed by atoms with Crippen LogP contribution in [0, 0.1) is 45.3 Å². The number of aliphatic hydroxyl groups is 1. The van der Waals surface area contributed by atoms with E-state index in [4.69, 9.17) is 0 Å². The summed E-state index contributed by atoms with van der Waals surface area (Å²) in [5, 5.41) is 11.6. The van der Waals surface area contributed by atoms with Gasteiger partial charge in [0.05, 0.1) is 5.60 Å². The predicted molar refractivity (Wildman–Crippen MR) is 134 cm³/mol. The van der Waals surface area contributed by atoms with Gasteiger partial charge in [0.15, 0.2) is 0 Å². The molecule has 0 aromatic heterocycles. The molecule has 3 saturated carbocycles. The number of hydrogen-bond acceptors (Lipinski definition) is 3. The molecule has 0 aromatic rings. The molecular formula is C30H48O3. The lowest BCUT2D eigenvalue weighted by atomic mass is 9.44. The molecule has 0 radical (unpaired) electrons. The van der Waals surface area contributed by atoms with Crippen LogP contribution < -0.4 is 0 Å². The van der Waals surface area contributed by atoms with E-state index in [0.717, 1.165) is 44.9 Å². The Morgan fingerprint density at radius 2 is 1.36 bits per heavy atom. The van der Waals surface area contributed by atoms with E-state index in [1.54, 1.807) is 0 Å². The molecule has 0 amide bonds. The predicted octanol–water partition coefficient (Wildman–Crippen LogP) is 6.92. The van der Waals surface area contributed by atoms with Crippen LogP contribution in [0.4, 0.5) is 0 Å². The van der Waals surface area contributed by atoms with Crippen LogP contribution in [0.1, 0.15) is 113 Å². The fourth-order valence-corrected chi connectivity index (χ4v) is 9.70. The number of carbonyl (C=O) groups is 2. The topological polar surface area (TPSA) is 54.4 Å². The average molecular weight is 457 g/mol. The average Bonchev–Trinajstić information content (AvgIpc) is 2.69. The smallest absolute Gasteiger partial charge is 0.138 e. The van der Waals surface area contributed by atoms with Crippen molar-refractivity contribution >= 4 is 11.6 Å². The minimum absolute atomic E-state index is 0.00640. The van der Waals surface area contributed by atoms with E-state index in [1.807, 2.05) is 0 Å². The third-order valence-corrected chi connectivity index (χ3v) is 11.8. The third-order valence-electron chi connectivity index (χ3n) is 11.8. The van der Waals surface area contributed by atoms with Crippen molar-refractivity contribution in [2.75, 3.05) is 0 Å². The maximum absolute atomic E-state index is 12.8. The summed E-state index contributed by atoms with van der Waals surface area (Å²) >= 11 is 0. The molecular weight excluding hydrogens is 408 g/mol.